The average Bonchev–Trinajstić information content (AvgIpc) is 2.92. The van der Waals surface area contributed by atoms with Crippen molar-refractivity contribution >= 4 is 28.6 Å². The van der Waals surface area contributed by atoms with Gasteiger partial charge in [0.05, 0.1) is 17.1 Å². The van der Waals surface area contributed by atoms with E-state index in [9.17, 15) is 14.4 Å². The Kier molecular flexibility index (Phi) is 4.19. The minimum absolute atomic E-state index is 0.160. The molecule has 0 saturated carbocycles. The first-order valence-electron chi connectivity index (χ1n) is 8.65. The Morgan fingerprint density at radius 3 is 2.36 bits per heavy atom. The lowest BCUT2D eigenvalue weighted by Crippen LogP contribution is -2.21. The van der Waals surface area contributed by atoms with Crippen LogP contribution in [0, 0.1) is 6.92 Å². The number of para-hydroxylation sites is 2. The number of anilines is 2. The maximum Gasteiger partial charge on any atom is 0.349 e. The van der Waals surface area contributed by atoms with Crippen LogP contribution >= 0.6 is 0 Å². The number of carbonyl (C=O) groups excluding carboxylic acids is 1. The van der Waals surface area contributed by atoms with E-state index in [1.54, 1.807) is 42.9 Å². The maximum atomic E-state index is 13.1. The summed E-state index contributed by atoms with van der Waals surface area (Å²) in [6, 6.07) is 16.1. The van der Waals surface area contributed by atoms with Crippen molar-refractivity contribution in [3.63, 3.8) is 0 Å². The van der Waals surface area contributed by atoms with Crippen molar-refractivity contribution in [2.45, 2.75) is 6.92 Å². The van der Waals surface area contributed by atoms with E-state index in [2.05, 4.69) is 5.32 Å². The molecule has 2 aromatic heterocycles. The normalized spacial score (nSPS) is 10.9. The summed E-state index contributed by atoms with van der Waals surface area (Å²) < 4.78 is 8.44. The van der Waals surface area contributed by atoms with Crippen LogP contribution < -0.4 is 16.5 Å². The number of hydrogen-bond acceptors (Lipinski definition) is 5. The molecule has 0 aliphatic carbocycles. The fourth-order valence-electron chi connectivity index (χ4n) is 3.24. The summed E-state index contributed by atoms with van der Waals surface area (Å²) in [7, 11) is 1.77. The van der Waals surface area contributed by atoms with Gasteiger partial charge >= 0.3 is 5.63 Å². The standard InChI is InChI=1S/C21H17N3O4/c1-13-18(20(26)24(23(13)2)14-8-4-3-5-9-14)22-19-15-10-6-7-11-17(15)28-21(27)16(19)12-25/h3-12,22H,1-2H3. The molecule has 4 aromatic rings. The van der Waals surface area contributed by atoms with Crippen LogP contribution in [0.15, 0.2) is 68.6 Å². The van der Waals surface area contributed by atoms with E-state index in [0.717, 1.165) is 0 Å². The first kappa shape index (κ1) is 17.5. The molecule has 0 fully saturated rings. The summed E-state index contributed by atoms with van der Waals surface area (Å²) in [6.45, 7) is 1.79. The average molecular weight is 375 g/mol. The lowest BCUT2D eigenvalue weighted by Gasteiger charge is -2.10. The highest BCUT2D eigenvalue weighted by Gasteiger charge is 2.20. The Balaban J connectivity index is 1.96. The van der Waals surface area contributed by atoms with E-state index in [4.69, 9.17) is 4.42 Å². The Morgan fingerprint density at radius 1 is 0.964 bits per heavy atom. The van der Waals surface area contributed by atoms with E-state index in [1.807, 2.05) is 30.3 Å². The molecule has 4 rings (SSSR count). The molecule has 0 spiro atoms. The van der Waals surface area contributed by atoms with Gasteiger partial charge < -0.3 is 9.73 Å². The summed E-state index contributed by atoms with van der Waals surface area (Å²) in [5.74, 6) is 0. The second-order valence-electron chi connectivity index (χ2n) is 6.35. The number of nitrogens with zero attached hydrogens (tertiary/aromatic N) is 2. The van der Waals surface area contributed by atoms with E-state index in [1.165, 1.54) is 4.68 Å². The molecule has 2 heterocycles. The van der Waals surface area contributed by atoms with Gasteiger partial charge in [0.25, 0.3) is 5.56 Å². The van der Waals surface area contributed by atoms with Gasteiger partial charge in [-0.1, -0.05) is 30.3 Å². The maximum absolute atomic E-state index is 13.1. The van der Waals surface area contributed by atoms with Crippen LogP contribution in [0.25, 0.3) is 16.7 Å². The number of aldehydes is 1. The Morgan fingerprint density at radius 2 is 1.64 bits per heavy atom. The first-order chi connectivity index (χ1) is 13.5. The molecule has 0 aliphatic rings. The van der Waals surface area contributed by atoms with Gasteiger partial charge in [0.2, 0.25) is 0 Å². The number of carbonyl (C=O) groups is 1. The van der Waals surface area contributed by atoms with Crippen LogP contribution in [0.5, 0.6) is 0 Å². The van der Waals surface area contributed by atoms with Crippen molar-refractivity contribution in [3.05, 3.63) is 86.6 Å². The zero-order chi connectivity index (χ0) is 19.8. The van der Waals surface area contributed by atoms with Crippen LogP contribution in [0.1, 0.15) is 16.1 Å². The smallest absolute Gasteiger partial charge is 0.349 e. The molecule has 0 atom stereocenters. The highest BCUT2D eigenvalue weighted by atomic mass is 16.4. The van der Waals surface area contributed by atoms with Crippen LogP contribution in [0.2, 0.25) is 0 Å². The van der Waals surface area contributed by atoms with Crippen molar-refractivity contribution in [2.75, 3.05) is 5.32 Å². The summed E-state index contributed by atoms with van der Waals surface area (Å²) in [6.07, 6.45) is 0.439. The molecular weight excluding hydrogens is 358 g/mol. The Hall–Kier alpha value is -3.87. The van der Waals surface area contributed by atoms with E-state index in [-0.39, 0.29) is 22.5 Å². The van der Waals surface area contributed by atoms with Gasteiger partial charge in [-0.2, -0.15) is 0 Å². The van der Waals surface area contributed by atoms with Crippen molar-refractivity contribution in [1.82, 2.24) is 9.36 Å². The topological polar surface area (TPSA) is 86.2 Å². The van der Waals surface area contributed by atoms with Gasteiger partial charge in [0.15, 0.2) is 6.29 Å². The van der Waals surface area contributed by atoms with Crippen molar-refractivity contribution in [1.29, 1.82) is 0 Å². The second kappa shape index (κ2) is 6.70. The number of hydrogen-bond donors (Lipinski definition) is 1. The molecule has 7 nitrogen and oxygen atoms in total. The molecule has 0 aliphatic heterocycles. The highest BCUT2D eigenvalue weighted by molar-refractivity contribution is 6.00. The SMILES string of the molecule is Cc1c(Nc2c(C=O)c(=O)oc3ccccc23)c(=O)n(-c2ccccc2)n1C. The predicted octanol–water partition coefficient (Wildman–Crippen LogP) is 3.15. The Labute approximate surface area is 159 Å². The molecule has 0 amide bonds. The molecule has 2 aromatic carbocycles. The number of aromatic nitrogens is 2. The van der Waals surface area contributed by atoms with E-state index < -0.39 is 5.63 Å². The van der Waals surface area contributed by atoms with Gasteiger partial charge in [-0.3, -0.25) is 14.3 Å². The highest BCUT2D eigenvalue weighted by Crippen LogP contribution is 2.28. The summed E-state index contributed by atoms with van der Waals surface area (Å²) in [5, 5.41) is 3.57. The van der Waals surface area contributed by atoms with Gasteiger partial charge in [-0.15, -0.1) is 0 Å². The largest absolute Gasteiger partial charge is 0.422 e. The lowest BCUT2D eigenvalue weighted by atomic mass is 10.1. The van der Waals surface area contributed by atoms with Crippen molar-refractivity contribution < 1.29 is 9.21 Å². The third kappa shape index (κ3) is 2.64. The molecule has 140 valence electrons. The van der Waals surface area contributed by atoms with Gasteiger partial charge in [0, 0.05) is 12.4 Å². The number of nitrogens with one attached hydrogen (secondary N) is 1. The molecule has 0 saturated heterocycles. The predicted molar refractivity (Wildman–Crippen MR) is 107 cm³/mol. The molecule has 0 unspecified atom stereocenters. The van der Waals surface area contributed by atoms with Crippen LogP contribution in [-0.4, -0.2) is 15.6 Å². The zero-order valence-corrected chi connectivity index (χ0v) is 15.3. The molecule has 1 N–H and O–H groups in total. The fraction of sp³-hybridized carbons (Fsp3) is 0.0952. The van der Waals surface area contributed by atoms with Gasteiger partial charge in [-0.25, -0.2) is 9.48 Å². The second-order valence-corrected chi connectivity index (χ2v) is 6.35. The minimum Gasteiger partial charge on any atom is -0.422 e. The summed E-state index contributed by atoms with van der Waals surface area (Å²) in [5.41, 5.74) is 1.03. The Bertz CT molecular complexity index is 1310. The first-order valence-corrected chi connectivity index (χ1v) is 8.65. The number of benzene rings is 2. The third-order valence-corrected chi connectivity index (χ3v) is 4.77. The lowest BCUT2D eigenvalue weighted by molar-refractivity contribution is 0.112. The molecule has 28 heavy (non-hydrogen) atoms. The van der Waals surface area contributed by atoms with Crippen molar-refractivity contribution in [2.24, 2.45) is 7.05 Å². The zero-order valence-electron chi connectivity index (χ0n) is 15.3. The van der Waals surface area contributed by atoms with Gasteiger partial charge in [-0.05, 0) is 31.2 Å². The summed E-state index contributed by atoms with van der Waals surface area (Å²) >= 11 is 0. The third-order valence-electron chi connectivity index (χ3n) is 4.77. The number of fused-ring (bicyclic) bond motifs is 1. The fourth-order valence-corrected chi connectivity index (χ4v) is 3.24. The number of rotatable bonds is 4. The monoisotopic (exact) mass is 375 g/mol. The van der Waals surface area contributed by atoms with Crippen LogP contribution in [0.3, 0.4) is 0 Å². The molecule has 0 bridgehead atoms. The molecule has 0 radical (unpaired) electrons. The van der Waals surface area contributed by atoms with Gasteiger partial charge in [0.1, 0.15) is 16.8 Å². The quantitative estimate of drug-likeness (QED) is 0.437. The minimum atomic E-state index is -0.756. The van der Waals surface area contributed by atoms with E-state index in [0.29, 0.717) is 28.6 Å². The van der Waals surface area contributed by atoms with Crippen molar-refractivity contribution in [3.8, 4) is 5.69 Å². The molecule has 7 heteroatoms. The van der Waals surface area contributed by atoms with Crippen LogP contribution in [0.4, 0.5) is 11.4 Å². The summed E-state index contributed by atoms with van der Waals surface area (Å²) in [4.78, 5) is 36.9. The van der Waals surface area contributed by atoms with E-state index >= 15 is 0 Å². The molecular formula is C21H17N3O4. The van der Waals surface area contributed by atoms with Crippen LogP contribution in [-0.2, 0) is 7.05 Å².